The van der Waals surface area contributed by atoms with Gasteiger partial charge in [-0.2, -0.15) is 0 Å². The van der Waals surface area contributed by atoms with Crippen LogP contribution in [-0.2, 0) is 0 Å². The monoisotopic (exact) mass is 269 g/mol. The zero-order valence-electron chi connectivity index (χ0n) is 4.97. The van der Waals surface area contributed by atoms with Crippen LogP contribution in [0.4, 0.5) is 10.1 Å². The highest BCUT2D eigenvalue weighted by atomic mass is 127. The maximum absolute atomic E-state index is 12.3. The standard InChI is InChI=1S/C6H5FINS/c7-5-1-3-6(4-2-5)9-10-8/h1-4,9H. The lowest BCUT2D eigenvalue weighted by molar-refractivity contribution is 0.628. The van der Waals surface area contributed by atoms with Crippen LogP contribution in [0.3, 0.4) is 0 Å². The summed E-state index contributed by atoms with van der Waals surface area (Å²) in [7, 11) is 1.46. The Kier molecular flexibility index (Phi) is 3.27. The summed E-state index contributed by atoms with van der Waals surface area (Å²) in [6.45, 7) is 0. The van der Waals surface area contributed by atoms with Gasteiger partial charge < -0.3 is 4.72 Å². The van der Waals surface area contributed by atoms with Crippen molar-refractivity contribution in [1.29, 1.82) is 0 Å². The van der Waals surface area contributed by atoms with Gasteiger partial charge in [-0.3, -0.25) is 0 Å². The maximum Gasteiger partial charge on any atom is 0.123 e. The second-order valence-electron chi connectivity index (χ2n) is 1.69. The lowest BCUT2D eigenvalue weighted by Crippen LogP contribution is -1.81. The fourth-order valence-corrected chi connectivity index (χ4v) is 1.55. The minimum atomic E-state index is -0.205. The molecule has 1 rings (SSSR count). The third kappa shape index (κ3) is 2.34. The average Bonchev–Trinajstić information content (AvgIpc) is 1.95. The Labute approximate surface area is 75.1 Å². The molecule has 10 heavy (non-hydrogen) atoms. The minimum Gasteiger partial charge on any atom is -0.321 e. The molecule has 1 aromatic rings. The molecule has 0 aliphatic carbocycles. The predicted octanol–water partition coefficient (Wildman–Crippen LogP) is 3.24. The molecule has 54 valence electrons. The highest BCUT2D eigenvalue weighted by Crippen LogP contribution is 2.17. The number of anilines is 1. The number of hydrogen-bond acceptors (Lipinski definition) is 2. The van der Waals surface area contributed by atoms with Gasteiger partial charge in [0, 0.05) is 36.0 Å². The van der Waals surface area contributed by atoms with Crippen LogP contribution in [0.1, 0.15) is 0 Å². The second-order valence-corrected chi connectivity index (χ2v) is 3.37. The van der Waals surface area contributed by atoms with E-state index < -0.39 is 0 Å². The first-order valence-electron chi connectivity index (χ1n) is 2.62. The number of benzene rings is 1. The minimum absolute atomic E-state index is 0.205. The topological polar surface area (TPSA) is 12.0 Å². The third-order valence-electron chi connectivity index (χ3n) is 1.00. The summed E-state index contributed by atoms with van der Waals surface area (Å²) in [6, 6.07) is 6.24. The molecule has 0 radical (unpaired) electrons. The average molecular weight is 269 g/mol. The molecule has 0 unspecified atom stereocenters. The van der Waals surface area contributed by atoms with Crippen LogP contribution >= 0.6 is 30.3 Å². The Morgan fingerprint density at radius 2 is 1.90 bits per heavy atom. The first kappa shape index (κ1) is 8.13. The van der Waals surface area contributed by atoms with E-state index >= 15 is 0 Å². The zero-order chi connectivity index (χ0) is 7.40. The third-order valence-corrected chi connectivity index (χ3v) is 1.97. The van der Waals surface area contributed by atoms with E-state index in [0.717, 1.165) is 5.69 Å². The van der Waals surface area contributed by atoms with E-state index in [9.17, 15) is 4.39 Å². The van der Waals surface area contributed by atoms with E-state index in [-0.39, 0.29) is 5.82 Å². The van der Waals surface area contributed by atoms with Gasteiger partial charge in [-0.15, -0.1) is 0 Å². The van der Waals surface area contributed by atoms with Crippen molar-refractivity contribution in [3.05, 3.63) is 30.1 Å². The Morgan fingerprint density at radius 1 is 1.30 bits per heavy atom. The first-order chi connectivity index (χ1) is 4.83. The highest BCUT2D eigenvalue weighted by molar-refractivity contribution is 14.2. The van der Waals surface area contributed by atoms with E-state index in [4.69, 9.17) is 0 Å². The smallest absolute Gasteiger partial charge is 0.123 e. The highest BCUT2D eigenvalue weighted by Gasteiger charge is 1.89. The SMILES string of the molecule is Fc1ccc(NSI)cc1. The molecule has 1 aromatic carbocycles. The van der Waals surface area contributed by atoms with E-state index in [1.165, 1.54) is 21.3 Å². The van der Waals surface area contributed by atoms with Crippen molar-refractivity contribution in [2.45, 2.75) is 0 Å². The van der Waals surface area contributed by atoms with Crippen LogP contribution in [0.15, 0.2) is 24.3 Å². The summed E-state index contributed by atoms with van der Waals surface area (Å²) in [4.78, 5) is 0. The lowest BCUT2D eigenvalue weighted by atomic mass is 10.3. The van der Waals surface area contributed by atoms with Gasteiger partial charge in [-0.1, -0.05) is 0 Å². The molecule has 0 fully saturated rings. The first-order valence-corrected chi connectivity index (χ1v) is 5.98. The molecular weight excluding hydrogens is 264 g/mol. The molecule has 1 N–H and O–H groups in total. The van der Waals surface area contributed by atoms with Crippen molar-refractivity contribution in [3.8, 4) is 0 Å². The van der Waals surface area contributed by atoms with E-state index in [1.54, 1.807) is 12.1 Å². The van der Waals surface area contributed by atoms with Gasteiger partial charge in [-0.05, 0) is 24.3 Å². The predicted molar refractivity (Wildman–Crippen MR) is 51.6 cm³/mol. The number of hydrogen-bond donors (Lipinski definition) is 1. The molecule has 0 saturated carbocycles. The molecule has 1 nitrogen and oxygen atoms in total. The van der Waals surface area contributed by atoms with Gasteiger partial charge in [0.05, 0.1) is 0 Å². The molecule has 0 atom stereocenters. The fourth-order valence-electron chi connectivity index (χ4n) is 0.562. The molecular formula is C6H5FINS. The Balaban J connectivity index is 2.69. The quantitative estimate of drug-likeness (QED) is 0.653. The van der Waals surface area contributed by atoms with Crippen LogP contribution in [0.2, 0.25) is 0 Å². The zero-order valence-corrected chi connectivity index (χ0v) is 7.95. The molecule has 0 aliphatic rings. The van der Waals surface area contributed by atoms with Gasteiger partial charge in [-0.25, -0.2) is 4.39 Å². The molecule has 0 amide bonds. The van der Waals surface area contributed by atoms with Crippen molar-refractivity contribution in [2.24, 2.45) is 0 Å². The Hall–Kier alpha value is 0.0300. The van der Waals surface area contributed by atoms with Crippen LogP contribution in [-0.4, -0.2) is 0 Å². The van der Waals surface area contributed by atoms with Crippen molar-refractivity contribution < 1.29 is 4.39 Å². The Morgan fingerprint density at radius 3 is 2.40 bits per heavy atom. The van der Waals surface area contributed by atoms with Gasteiger partial charge in [0.15, 0.2) is 0 Å². The van der Waals surface area contributed by atoms with Gasteiger partial charge in [0.2, 0.25) is 0 Å². The van der Waals surface area contributed by atoms with Crippen LogP contribution < -0.4 is 4.72 Å². The summed E-state index contributed by atoms with van der Waals surface area (Å²) < 4.78 is 15.3. The van der Waals surface area contributed by atoms with Crippen LogP contribution in [0.5, 0.6) is 0 Å². The normalized spacial score (nSPS) is 9.40. The van der Waals surface area contributed by atoms with Crippen molar-refractivity contribution in [3.63, 3.8) is 0 Å². The lowest BCUT2D eigenvalue weighted by Gasteiger charge is -1.97. The summed E-state index contributed by atoms with van der Waals surface area (Å²) in [5.74, 6) is -0.205. The molecule has 0 aliphatic heterocycles. The van der Waals surface area contributed by atoms with E-state index in [0.29, 0.717) is 0 Å². The molecule has 0 bridgehead atoms. The molecule has 0 saturated heterocycles. The number of rotatable bonds is 2. The maximum atomic E-state index is 12.3. The number of nitrogens with one attached hydrogen (secondary N) is 1. The van der Waals surface area contributed by atoms with Crippen molar-refractivity contribution in [2.75, 3.05) is 4.72 Å². The van der Waals surface area contributed by atoms with Crippen LogP contribution in [0, 0.1) is 5.82 Å². The summed E-state index contributed by atoms with van der Waals surface area (Å²) in [5, 5.41) is 0. The molecule has 0 heterocycles. The van der Waals surface area contributed by atoms with E-state index in [1.807, 2.05) is 0 Å². The molecule has 4 heteroatoms. The molecule has 0 spiro atoms. The Bertz CT molecular complexity index is 201. The fraction of sp³-hybridized carbons (Fsp3) is 0. The van der Waals surface area contributed by atoms with Gasteiger partial charge in [0.1, 0.15) is 5.82 Å². The summed E-state index contributed by atoms with van der Waals surface area (Å²) in [6.07, 6.45) is 0. The van der Waals surface area contributed by atoms with E-state index in [2.05, 4.69) is 25.9 Å². The van der Waals surface area contributed by atoms with Crippen molar-refractivity contribution >= 4 is 36.0 Å². The molecule has 0 aromatic heterocycles. The second kappa shape index (κ2) is 4.02. The summed E-state index contributed by atoms with van der Waals surface area (Å²) >= 11 is 2.11. The van der Waals surface area contributed by atoms with Gasteiger partial charge in [0.25, 0.3) is 0 Å². The van der Waals surface area contributed by atoms with Crippen molar-refractivity contribution in [1.82, 2.24) is 0 Å². The largest absolute Gasteiger partial charge is 0.321 e. The number of halogens is 2. The van der Waals surface area contributed by atoms with Gasteiger partial charge >= 0.3 is 0 Å². The summed E-state index contributed by atoms with van der Waals surface area (Å²) in [5.41, 5.74) is 0.917. The van der Waals surface area contributed by atoms with Crippen LogP contribution in [0.25, 0.3) is 0 Å².